The summed E-state index contributed by atoms with van der Waals surface area (Å²) in [5, 5.41) is 4.38. The van der Waals surface area contributed by atoms with Crippen molar-refractivity contribution in [2.75, 3.05) is 50.5 Å². The van der Waals surface area contributed by atoms with Crippen LogP contribution in [0.5, 0.6) is 0 Å². The first kappa shape index (κ1) is 23.1. The van der Waals surface area contributed by atoms with Crippen molar-refractivity contribution < 1.29 is 4.79 Å². The average Bonchev–Trinajstić information content (AvgIpc) is 3.22. The van der Waals surface area contributed by atoms with E-state index in [0.717, 1.165) is 66.6 Å². The summed E-state index contributed by atoms with van der Waals surface area (Å²) in [4.78, 5) is 32.0. The van der Waals surface area contributed by atoms with E-state index in [1.165, 1.54) is 28.7 Å². The number of aryl methyl sites for hydroxylation is 3. The number of hydrogen-bond acceptors (Lipinski definition) is 6. The lowest BCUT2D eigenvalue weighted by atomic mass is 9.97. The number of carbonyl (C=O) groups is 1. The summed E-state index contributed by atoms with van der Waals surface area (Å²) in [7, 11) is 4.11. The van der Waals surface area contributed by atoms with Gasteiger partial charge in [0.2, 0.25) is 0 Å². The number of thiophene rings is 1. The number of urea groups is 1. The van der Waals surface area contributed by atoms with Gasteiger partial charge in [0.15, 0.2) is 0 Å². The molecule has 1 fully saturated rings. The van der Waals surface area contributed by atoms with Gasteiger partial charge in [-0.2, -0.15) is 0 Å². The Hall–Kier alpha value is -2.71. The molecule has 1 saturated heterocycles. The van der Waals surface area contributed by atoms with Crippen LogP contribution in [0, 0.1) is 0 Å². The average molecular weight is 479 g/mol. The molecule has 2 aliphatic rings. The highest BCUT2D eigenvalue weighted by molar-refractivity contribution is 7.19. The van der Waals surface area contributed by atoms with Gasteiger partial charge in [-0.25, -0.2) is 14.8 Å². The molecule has 0 bridgehead atoms. The van der Waals surface area contributed by atoms with E-state index in [1.807, 2.05) is 34.4 Å². The van der Waals surface area contributed by atoms with Crippen molar-refractivity contribution in [3.8, 4) is 0 Å². The second-order valence-corrected chi connectivity index (χ2v) is 10.6. The normalized spacial score (nSPS) is 16.2. The first-order valence-corrected chi connectivity index (χ1v) is 13.2. The van der Waals surface area contributed by atoms with Crippen LogP contribution in [0.25, 0.3) is 10.2 Å². The molecular formula is C26H34N6OS. The van der Waals surface area contributed by atoms with E-state index in [2.05, 4.69) is 42.2 Å². The molecule has 0 spiro atoms. The van der Waals surface area contributed by atoms with Gasteiger partial charge in [-0.1, -0.05) is 25.1 Å². The standard InChI is InChI=1S/C26H34N6OS/c1-4-18-9-5-7-11-20(18)27-26(33)32-15-13-31(14-16-32)24-23-19-10-6-8-12-21(19)34-25(23)29-22(28-24)17-30(2)3/h5,7,9,11H,4,6,8,10,12-17H2,1-3H3,(H,27,33). The Bertz CT molecular complexity index is 1180. The molecule has 0 radical (unpaired) electrons. The number of rotatable bonds is 5. The number of para-hydroxylation sites is 1. The molecule has 3 aromatic rings. The third-order valence-electron chi connectivity index (χ3n) is 6.81. The highest BCUT2D eigenvalue weighted by atomic mass is 32.1. The van der Waals surface area contributed by atoms with Gasteiger partial charge in [0.05, 0.1) is 11.9 Å². The zero-order valence-corrected chi connectivity index (χ0v) is 21.2. The molecule has 34 heavy (non-hydrogen) atoms. The van der Waals surface area contributed by atoms with Gasteiger partial charge in [0.1, 0.15) is 16.5 Å². The predicted molar refractivity (Wildman–Crippen MR) is 140 cm³/mol. The zero-order chi connectivity index (χ0) is 23.7. The van der Waals surface area contributed by atoms with Crippen molar-refractivity contribution in [3.63, 3.8) is 0 Å². The fraction of sp³-hybridized carbons (Fsp3) is 0.500. The van der Waals surface area contributed by atoms with E-state index >= 15 is 0 Å². The lowest BCUT2D eigenvalue weighted by Crippen LogP contribution is -2.50. The number of fused-ring (bicyclic) bond motifs is 3. The van der Waals surface area contributed by atoms with Crippen LogP contribution in [0.3, 0.4) is 0 Å². The Morgan fingerprint density at radius 3 is 2.62 bits per heavy atom. The van der Waals surface area contributed by atoms with Crippen LogP contribution in [0.1, 0.15) is 41.6 Å². The molecule has 2 amide bonds. The minimum atomic E-state index is -0.0189. The van der Waals surface area contributed by atoms with Crippen LogP contribution in [-0.2, 0) is 25.8 Å². The minimum absolute atomic E-state index is 0.0189. The number of benzene rings is 1. The summed E-state index contributed by atoms with van der Waals surface area (Å²) >= 11 is 1.86. The molecule has 3 heterocycles. The monoisotopic (exact) mass is 478 g/mol. The second kappa shape index (κ2) is 9.88. The number of hydrogen-bond donors (Lipinski definition) is 1. The second-order valence-electron chi connectivity index (χ2n) is 9.51. The number of nitrogens with one attached hydrogen (secondary N) is 1. The van der Waals surface area contributed by atoms with Gasteiger partial charge in [0.25, 0.3) is 0 Å². The van der Waals surface area contributed by atoms with Crippen molar-refractivity contribution >= 4 is 39.1 Å². The topological polar surface area (TPSA) is 64.6 Å². The van der Waals surface area contributed by atoms with Gasteiger partial charge >= 0.3 is 6.03 Å². The number of carbonyl (C=O) groups excluding carboxylic acids is 1. The quantitative estimate of drug-likeness (QED) is 0.583. The molecular weight excluding hydrogens is 444 g/mol. The number of anilines is 2. The number of piperazine rings is 1. The maximum Gasteiger partial charge on any atom is 0.321 e. The van der Waals surface area contributed by atoms with Crippen molar-refractivity contribution in [2.45, 2.75) is 45.6 Å². The lowest BCUT2D eigenvalue weighted by Gasteiger charge is -2.36. The smallest absolute Gasteiger partial charge is 0.321 e. The third kappa shape index (κ3) is 4.61. The summed E-state index contributed by atoms with van der Waals surface area (Å²) in [6.45, 7) is 5.76. The van der Waals surface area contributed by atoms with E-state index in [-0.39, 0.29) is 6.03 Å². The maximum absolute atomic E-state index is 13.0. The van der Waals surface area contributed by atoms with E-state index in [9.17, 15) is 4.79 Å². The number of aromatic nitrogens is 2. The minimum Gasteiger partial charge on any atom is -0.352 e. The number of amides is 2. The van der Waals surface area contributed by atoms with Gasteiger partial charge < -0.3 is 20.0 Å². The highest BCUT2D eigenvalue weighted by Gasteiger charge is 2.27. The van der Waals surface area contributed by atoms with Crippen LogP contribution in [0.15, 0.2) is 24.3 Å². The van der Waals surface area contributed by atoms with Crippen molar-refractivity contribution in [1.29, 1.82) is 0 Å². The Labute approximate surface area is 205 Å². The van der Waals surface area contributed by atoms with E-state index in [4.69, 9.17) is 9.97 Å². The van der Waals surface area contributed by atoms with Gasteiger partial charge in [0, 0.05) is 36.7 Å². The molecule has 1 aliphatic heterocycles. The van der Waals surface area contributed by atoms with Crippen LogP contribution < -0.4 is 10.2 Å². The Morgan fingerprint density at radius 2 is 1.85 bits per heavy atom. The number of nitrogens with zero attached hydrogens (tertiary/aromatic N) is 5. The summed E-state index contributed by atoms with van der Waals surface area (Å²) < 4.78 is 0. The fourth-order valence-electron chi connectivity index (χ4n) is 5.03. The van der Waals surface area contributed by atoms with Gasteiger partial charge in [-0.3, -0.25) is 0 Å². The van der Waals surface area contributed by atoms with Gasteiger partial charge in [-0.05, 0) is 63.4 Å². The molecule has 180 valence electrons. The molecule has 8 heteroatoms. The van der Waals surface area contributed by atoms with Crippen LogP contribution in [0.2, 0.25) is 0 Å². The molecule has 0 atom stereocenters. The van der Waals surface area contributed by atoms with Gasteiger partial charge in [-0.15, -0.1) is 11.3 Å². The molecule has 5 rings (SSSR count). The molecule has 0 saturated carbocycles. The molecule has 2 aromatic heterocycles. The Kier molecular flexibility index (Phi) is 6.70. The SMILES string of the molecule is CCc1ccccc1NC(=O)N1CCN(c2nc(CN(C)C)nc3sc4c(c23)CCCC4)CC1. The molecule has 1 N–H and O–H groups in total. The molecule has 0 unspecified atom stereocenters. The van der Waals surface area contributed by atoms with Crippen molar-refractivity contribution in [1.82, 2.24) is 19.8 Å². The lowest BCUT2D eigenvalue weighted by molar-refractivity contribution is 0.208. The summed E-state index contributed by atoms with van der Waals surface area (Å²) in [5.74, 6) is 1.94. The zero-order valence-electron chi connectivity index (χ0n) is 20.4. The first-order chi connectivity index (χ1) is 16.5. The van der Waals surface area contributed by atoms with E-state index in [1.54, 1.807) is 0 Å². The predicted octanol–water partition coefficient (Wildman–Crippen LogP) is 4.55. The fourth-order valence-corrected chi connectivity index (χ4v) is 6.30. The van der Waals surface area contributed by atoms with Crippen molar-refractivity contribution in [2.24, 2.45) is 0 Å². The summed E-state index contributed by atoms with van der Waals surface area (Å²) in [5.41, 5.74) is 3.54. The third-order valence-corrected chi connectivity index (χ3v) is 7.99. The van der Waals surface area contributed by atoms with E-state index in [0.29, 0.717) is 13.1 Å². The van der Waals surface area contributed by atoms with Crippen molar-refractivity contribution in [3.05, 3.63) is 46.1 Å². The molecule has 7 nitrogen and oxygen atoms in total. The van der Waals surface area contributed by atoms with Crippen LogP contribution in [0.4, 0.5) is 16.3 Å². The molecule has 1 aliphatic carbocycles. The largest absolute Gasteiger partial charge is 0.352 e. The Balaban J connectivity index is 1.36. The van der Waals surface area contributed by atoms with Crippen LogP contribution in [-0.4, -0.2) is 66.1 Å². The highest BCUT2D eigenvalue weighted by Crippen LogP contribution is 2.40. The van der Waals surface area contributed by atoms with E-state index < -0.39 is 0 Å². The maximum atomic E-state index is 13.0. The molecule has 1 aromatic carbocycles. The Morgan fingerprint density at radius 1 is 1.09 bits per heavy atom. The first-order valence-electron chi connectivity index (χ1n) is 12.4. The summed E-state index contributed by atoms with van der Waals surface area (Å²) in [6.07, 6.45) is 5.69. The summed E-state index contributed by atoms with van der Waals surface area (Å²) in [6, 6.07) is 8.02. The van der Waals surface area contributed by atoms with Crippen LogP contribution >= 0.6 is 11.3 Å².